The third kappa shape index (κ3) is 3.79. The van der Waals surface area contributed by atoms with Gasteiger partial charge in [0.15, 0.2) is 0 Å². The third-order valence-corrected chi connectivity index (χ3v) is 4.19. The summed E-state index contributed by atoms with van der Waals surface area (Å²) < 4.78 is 32.2. The first-order valence-electron chi connectivity index (χ1n) is 7.71. The molecular weight excluding hydrogens is 298 g/mol. The van der Waals surface area contributed by atoms with Gasteiger partial charge in [-0.15, -0.1) is 0 Å². The number of halogens is 2. The second kappa shape index (κ2) is 6.96. The van der Waals surface area contributed by atoms with E-state index in [1.807, 2.05) is 18.2 Å². The van der Waals surface area contributed by atoms with Crippen LogP contribution in [0.5, 0.6) is 5.75 Å². The van der Waals surface area contributed by atoms with Gasteiger partial charge in [-0.3, -0.25) is 4.90 Å². The number of piperazine rings is 1. The summed E-state index contributed by atoms with van der Waals surface area (Å²) in [6, 6.07) is 11.6. The second-order valence-corrected chi connectivity index (χ2v) is 5.70. The molecule has 1 aliphatic heterocycles. The minimum absolute atomic E-state index is 0.346. The summed E-state index contributed by atoms with van der Waals surface area (Å²) in [6.07, 6.45) is 0. The van der Waals surface area contributed by atoms with Crippen molar-refractivity contribution < 1.29 is 13.5 Å². The molecular formula is C18H20F2N2O. The minimum atomic E-state index is -0.392. The maximum Gasteiger partial charge on any atom is 0.127 e. The van der Waals surface area contributed by atoms with Crippen LogP contribution >= 0.6 is 0 Å². The number of ether oxygens (including phenoxy) is 1. The molecule has 2 aromatic rings. The van der Waals surface area contributed by atoms with E-state index in [9.17, 15) is 8.78 Å². The highest BCUT2D eigenvalue weighted by atomic mass is 19.1. The van der Waals surface area contributed by atoms with Crippen molar-refractivity contribution in [3.05, 3.63) is 59.7 Å². The van der Waals surface area contributed by atoms with Crippen molar-refractivity contribution in [1.82, 2.24) is 4.90 Å². The van der Waals surface area contributed by atoms with Gasteiger partial charge in [0.25, 0.3) is 0 Å². The predicted molar refractivity (Wildman–Crippen MR) is 86.8 cm³/mol. The highest BCUT2D eigenvalue weighted by Crippen LogP contribution is 2.22. The summed E-state index contributed by atoms with van der Waals surface area (Å²) in [7, 11) is 1.66. The summed E-state index contributed by atoms with van der Waals surface area (Å²) in [5, 5.41) is 0. The average Bonchev–Trinajstić information content (AvgIpc) is 2.59. The van der Waals surface area contributed by atoms with E-state index in [0.717, 1.165) is 43.7 Å². The predicted octanol–water partition coefficient (Wildman–Crippen LogP) is 3.30. The Bertz CT molecular complexity index is 670. The van der Waals surface area contributed by atoms with Crippen LogP contribution in [0, 0.1) is 11.6 Å². The van der Waals surface area contributed by atoms with Crippen molar-refractivity contribution in [1.29, 1.82) is 0 Å². The molecule has 3 rings (SSSR count). The van der Waals surface area contributed by atoms with Crippen LogP contribution < -0.4 is 9.64 Å². The molecule has 0 N–H and O–H groups in total. The first-order valence-corrected chi connectivity index (χ1v) is 7.71. The van der Waals surface area contributed by atoms with Gasteiger partial charge >= 0.3 is 0 Å². The molecule has 0 saturated carbocycles. The number of anilines is 1. The van der Waals surface area contributed by atoms with Crippen LogP contribution in [-0.2, 0) is 6.54 Å². The molecule has 2 aromatic carbocycles. The Morgan fingerprint density at radius 3 is 2.52 bits per heavy atom. The van der Waals surface area contributed by atoms with E-state index >= 15 is 0 Å². The van der Waals surface area contributed by atoms with Gasteiger partial charge < -0.3 is 9.64 Å². The lowest BCUT2D eigenvalue weighted by Crippen LogP contribution is -2.46. The van der Waals surface area contributed by atoms with Crippen LogP contribution in [0.15, 0.2) is 42.5 Å². The average molecular weight is 318 g/mol. The largest absolute Gasteiger partial charge is 0.497 e. The monoisotopic (exact) mass is 318 g/mol. The maximum atomic E-state index is 13.7. The topological polar surface area (TPSA) is 15.7 Å². The summed E-state index contributed by atoms with van der Waals surface area (Å²) >= 11 is 0. The molecule has 0 unspecified atom stereocenters. The first-order chi connectivity index (χ1) is 11.2. The Labute approximate surface area is 135 Å². The molecule has 3 nitrogen and oxygen atoms in total. The van der Waals surface area contributed by atoms with E-state index in [-0.39, 0.29) is 5.82 Å². The fourth-order valence-electron chi connectivity index (χ4n) is 2.88. The van der Waals surface area contributed by atoms with Gasteiger partial charge in [0.2, 0.25) is 0 Å². The number of methoxy groups -OCH3 is 1. The molecule has 1 fully saturated rings. The lowest BCUT2D eigenvalue weighted by Gasteiger charge is -2.36. The quantitative estimate of drug-likeness (QED) is 0.860. The van der Waals surface area contributed by atoms with E-state index in [1.54, 1.807) is 7.11 Å². The highest BCUT2D eigenvalue weighted by Gasteiger charge is 2.19. The van der Waals surface area contributed by atoms with Crippen molar-refractivity contribution >= 4 is 5.69 Å². The summed E-state index contributed by atoms with van der Waals surface area (Å²) in [6.45, 7) is 3.77. The summed E-state index contributed by atoms with van der Waals surface area (Å²) in [5.74, 6) is 0.102. The normalized spacial score (nSPS) is 15.7. The molecule has 0 spiro atoms. The molecule has 5 heteroatoms. The zero-order chi connectivity index (χ0) is 16.2. The van der Waals surface area contributed by atoms with Gasteiger partial charge in [0, 0.05) is 50.0 Å². The summed E-state index contributed by atoms with van der Waals surface area (Å²) in [4.78, 5) is 4.43. The number of hydrogen-bond donors (Lipinski definition) is 0. The Balaban J connectivity index is 1.61. The number of hydrogen-bond acceptors (Lipinski definition) is 3. The second-order valence-electron chi connectivity index (χ2n) is 5.70. The van der Waals surface area contributed by atoms with Crippen LogP contribution in [0.4, 0.5) is 14.5 Å². The third-order valence-electron chi connectivity index (χ3n) is 4.19. The fourth-order valence-corrected chi connectivity index (χ4v) is 2.88. The molecule has 0 aliphatic carbocycles. The van der Waals surface area contributed by atoms with Crippen LogP contribution in [0.2, 0.25) is 0 Å². The molecule has 1 aliphatic rings. The Morgan fingerprint density at radius 2 is 1.78 bits per heavy atom. The molecule has 0 atom stereocenters. The van der Waals surface area contributed by atoms with Crippen LogP contribution in [0.25, 0.3) is 0 Å². The molecule has 1 heterocycles. The van der Waals surface area contributed by atoms with Crippen molar-refractivity contribution in [2.75, 3.05) is 38.2 Å². The van der Waals surface area contributed by atoms with Gasteiger partial charge in [-0.1, -0.05) is 6.07 Å². The lowest BCUT2D eigenvalue weighted by atomic mass is 10.1. The SMILES string of the molecule is COc1cccc(N2CCN(Cc3cc(F)ccc3F)CC2)c1. The van der Waals surface area contributed by atoms with Crippen molar-refractivity contribution in [3.8, 4) is 5.75 Å². The summed E-state index contributed by atoms with van der Waals surface area (Å²) in [5.41, 5.74) is 1.54. The van der Waals surface area contributed by atoms with Gasteiger partial charge in [-0.2, -0.15) is 0 Å². The van der Waals surface area contributed by atoms with Crippen molar-refractivity contribution in [2.45, 2.75) is 6.54 Å². The standard InChI is InChI=1S/C18H20F2N2O/c1-23-17-4-2-3-16(12-17)22-9-7-21(8-10-22)13-14-11-15(19)5-6-18(14)20/h2-6,11-12H,7-10,13H2,1H3. The zero-order valence-corrected chi connectivity index (χ0v) is 13.1. The van der Waals surface area contributed by atoms with E-state index in [0.29, 0.717) is 12.1 Å². The number of rotatable bonds is 4. The number of nitrogens with zero attached hydrogens (tertiary/aromatic N) is 2. The highest BCUT2D eigenvalue weighted by molar-refractivity contribution is 5.51. The molecule has 0 aromatic heterocycles. The van der Waals surface area contributed by atoms with Gasteiger partial charge in [0.05, 0.1) is 7.11 Å². The molecule has 23 heavy (non-hydrogen) atoms. The lowest BCUT2D eigenvalue weighted by molar-refractivity contribution is 0.246. The van der Waals surface area contributed by atoms with Gasteiger partial charge in [0.1, 0.15) is 17.4 Å². The van der Waals surface area contributed by atoms with E-state index < -0.39 is 5.82 Å². The van der Waals surface area contributed by atoms with Gasteiger partial charge in [-0.05, 0) is 30.3 Å². The fraction of sp³-hybridized carbons (Fsp3) is 0.333. The zero-order valence-electron chi connectivity index (χ0n) is 13.1. The minimum Gasteiger partial charge on any atom is -0.497 e. The number of benzene rings is 2. The van der Waals surface area contributed by atoms with E-state index in [1.165, 1.54) is 12.1 Å². The molecule has 0 bridgehead atoms. The van der Waals surface area contributed by atoms with E-state index in [4.69, 9.17) is 4.74 Å². The van der Waals surface area contributed by atoms with E-state index in [2.05, 4.69) is 15.9 Å². The molecule has 122 valence electrons. The molecule has 1 saturated heterocycles. The first kappa shape index (κ1) is 15.7. The Kier molecular flexibility index (Phi) is 4.76. The molecule has 0 amide bonds. The molecule has 0 radical (unpaired) electrons. The van der Waals surface area contributed by atoms with Crippen LogP contribution in [-0.4, -0.2) is 38.2 Å². The van der Waals surface area contributed by atoms with Crippen molar-refractivity contribution in [3.63, 3.8) is 0 Å². The van der Waals surface area contributed by atoms with Crippen molar-refractivity contribution in [2.24, 2.45) is 0 Å². The Morgan fingerprint density at radius 1 is 1.00 bits per heavy atom. The smallest absolute Gasteiger partial charge is 0.127 e. The maximum absolute atomic E-state index is 13.7. The van der Waals surface area contributed by atoms with Crippen LogP contribution in [0.1, 0.15) is 5.56 Å². The van der Waals surface area contributed by atoms with Crippen LogP contribution in [0.3, 0.4) is 0 Å². The Hall–Kier alpha value is -2.14. The van der Waals surface area contributed by atoms with Gasteiger partial charge in [-0.25, -0.2) is 8.78 Å².